The number of rotatable bonds is 6. The molecular weight excluding hydrogens is 316 g/mol. The van der Waals surface area contributed by atoms with Gasteiger partial charge in [-0.2, -0.15) is 0 Å². The number of furan rings is 1. The van der Waals surface area contributed by atoms with Gasteiger partial charge in [0.15, 0.2) is 5.58 Å². The highest BCUT2D eigenvalue weighted by atomic mass is 16.5. The Labute approximate surface area is 147 Å². The molecule has 0 aliphatic heterocycles. The molecule has 0 radical (unpaired) electrons. The summed E-state index contributed by atoms with van der Waals surface area (Å²) < 4.78 is 12.8. The van der Waals surface area contributed by atoms with E-state index in [2.05, 4.69) is 37.4 Å². The molecule has 0 aliphatic carbocycles. The predicted molar refractivity (Wildman–Crippen MR) is 98.2 cm³/mol. The topological polar surface area (TPSA) is 56.4 Å². The molecule has 3 rings (SSSR count). The van der Waals surface area contributed by atoms with Crippen LogP contribution in [0.3, 0.4) is 0 Å². The second-order valence-electron chi connectivity index (χ2n) is 6.40. The van der Waals surface area contributed by atoms with Crippen LogP contribution < -0.4 is 5.32 Å². The number of aromatic nitrogens is 1. The zero-order chi connectivity index (χ0) is 18.0. The first-order valence-electron chi connectivity index (χ1n) is 8.42. The van der Waals surface area contributed by atoms with Crippen LogP contribution in [-0.4, -0.2) is 30.7 Å². The van der Waals surface area contributed by atoms with E-state index < -0.39 is 0 Å². The Morgan fingerprint density at radius 1 is 1.20 bits per heavy atom. The molecule has 0 saturated heterocycles. The second kappa shape index (κ2) is 7.15. The summed E-state index contributed by atoms with van der Waals surface area (Å²) in [7, 11) is 1.62. The van der Waals surface area contributed by atoms with Gasteiger partial charge in [-0.05, 0) is 31.9 Å². The van der Waals surface area contributed by atoms with Crippen LogP contribution in [-0.2, 0) is 11.3 Å². The third-order valence-electron chi connectivity index (χ3n) is 4.37. The predicted octanol–water partition coefficient (Wildman–Crippen LogP) is 3.58. The Morgan fingerprint density at radius 3 is 2.76 bits per heavy atom. The van der Waals surface area contributed by atoms with Crippen LogP contribution >= 0.6 is 0 Å². The first-order chi connectivity index (χ1) is 12.0. The van der Waals surface area contributed by atoms with Crippen LogP contribution in [0.2, 0.25) is 0 Å². The number of benzene rings is 1. The molecule has 0 spiro atoms. The van der Waals surface area contributed by atoms with Gasteiger partial charge in [0.05, 0.1) is 12.1 Å². The average Bonchev–Trinajstić information content (AvgIpc) is 3.08. The Bertz CT molecular complexity index is 905. The van der Waals surface area contributed by atoms with Gasteiger partial charge in [0.1, 0.15) is 11.5 Å². The minimum atomic E-state index is -0.119. The van der Waals surface area contributed by atoms with Gasteiger partial charge in [-0.3, -0.25) is 4.79 Å². The van der Waals surface area contributed by atoms with Crippen molar-refractivity contribution in [3.05, 3.63) is 58.5 Å². The maximum atomic E-state index is 12.6. The van der Waals surface area contributed by atoms with Gasteiger partial charge in [0.25, 0.3) is 5.91 Å². The Hall–Kier alpha value is -2.53. The van der Waals surface area contributed by atoms with Crippen molar-refractivity contribution in [2.24, 2.45) is 0 Å². The molecule has 5 heteroatoms. The fraction of sp³-hybridized carbons (Fsp3) is 0.350. The quantitative estimate of drug-likeness (QED) is 0.698. The molecule has 2 heterocycles. The standard InChI is InChI=1S/C20H24N2O3/c1-13-5-6-14(2)16(9-13)12-22-17-10-15(3)25-19(17)11-18(22)20(23)21-7-8-24-4/h5-6,9-11H,7-8,12H2,1-4H3,(H,21,23). The minimum absolute atomic E-state index is 0.119. The number of fused-ring (bicyclic) bond motifs is 1. The summed E-state index contributed by atoms with van der Waals surface area (Å²) >= 11 is 0. The molecule has 132 valence electrons. The molecule has 1 amide bonds. The van der Waals surface area contributed by atoms with Gasteiger partial charge < -0.3 is 19.0 Å². The summed E-state index contributed by atoms with van der Waals surface area (Å²) in [5, 5.41) is 2.89. The fourth-order valence-electron chi connectivity index (χ4n) is 3.02. The third kappa shape index (κ3) is 3.61. The number of amides is 1. The van der Waals surface area contributed by atoms with Gasteiger partial charge in [0, 0.05) is 32.3 Å². The second-order valence-corrected chi connectivity index (χ2v) is 6.40. The van der Waals surface area contributed by atoms with E-state index in [1.165, 1.54) is 16.7 Å². The van der Waals surface area contributed by atoms with Crippen molar-refractivity contribution in [1.82, 2.24) is 9.88 Å². The number of carbonyl (C=O) groups is 1. The largest absolute Gasteiger partial charge is 0.460 e. The Morgan fingerprint density at radius 2 is 2.00 bits per heavy atom. The summed E-state index contributed by atoms with van der Waals surface area (Å²) in [4.78, 5) is 12.6. The normalized spacial score (nSPS) is 11.2. The number of hydrogen-bond acceptors (Lipinski definition) is 3. The van der Waals surface area contributed by atoms with E-state index in [1.807, 2.05) is 23.6 Å². The van der Waals surface area contributed by atoms with Gasteiger partial charge in [-0.1, -0.05) is 23.8 Å². The fourth-order valence-corrected chi connectivity index (χ4v) is 3.02. The van der Waals surface area contributed by atoms with Gasteiger partial charge >= 0.3 is 0 Å². The van der Waals surface area contributed by atoms with Crippen molar-refractivity contribution < 1.29 is 13.9 Å². The lowest BCUT2D eigenvalue weighted by Gasteiger charge is -2.13. The maximum absolute atomic E-state index is 12.6. The van der Waals surface area contributed by atoms with Crippen LogP contribution in [0.15, 0.2) is 34.7 Å². The minimum Gasteiger partial charge on any atom is -0.460 e. The number of aryl methyl sites for hydroxylation is 3. The number of nitrogens with zero attached hydrogens (tertiary/aromatic N) is 1. The Kier molecular flexibility index (Phi) is 4.95. The van der Waals surface area contributed by atoms with E-state index in [9.17, 15) is 4.79 Å². The van der Waals surface area contributed by atoms with Crippen LogP contribution in [0, 0.1) is 20.8 Å². The van der Waals surface area contributed by atoms with Crippen molar-refractivity contribution in [3.8, 4) is 0 Å². The van der Waals surface area contributed by atoms with Crippen LogP contribution in [0.1, 0.15) is 32.9 Å². The first-order valence-corrected chi connectivity index (χ1v) is 8.42. The van der Waals surface area contributed by atoms with E-state index >= 15 is 0 Å². The number of nitrogens with one attached hydrogen (secondary N) is 1. The summed E-state index contributed by atoms with van der Waals surface area (Å²) in [5.74, 6) is 0.720. The molecule has 25 heavy (non-hydrogen) atoms. The zero-order valence-corrected chi connectivity index (χ0v) is 15.2. The highest BCUT2D eigenvalue weighted by Crippen LogP contribution is 2.25. The van der Waals surface area contributed by atoms with Crippen LogP contribution in [0.25, 0.3) is 11.1 Å². The number of hydrogen-bond donors (Lipinski definition) is 1. The van der Waals surface area contributed by atoms with E-state index in [0.717, 1.165) is 16.9 Å². The number of carbonyl (C=O) groups excluding carboxylic acids is 1. The molecule has 0 unspecified atom stereocenters. The molecule has 1 aromatic carbocycles. The summed E-state index contributed by atoms with van der Waals surface area (Å²) in [5.41, 5.74) is 5.89. The molecule has 3 aromatic rings. The van der Waals surface area contributed by atoms with Crippen molar-refractivity contribution >= 4 is 17.0 Å². The Balaban J connectivity index is 2.00. The lowest BCUT2D eigenvalue weighted by Crippen LogP contribution is -2.29. The molecule has 0 atom stereocenters. The maximum Gasteiger partial charge on any atom is 0.268 e. The van der Waals surface area contributed by atoms with E-state index in [4.69, 9.17) is 9.15 Å². The van der Waals surface area contributed by atoms with Crippen LogP contribution in [0.4, 0.5) is 0 Å². The van der Waals surface area contributed by atoms with Gasteiger partial charge in [-0.25, -0.2) is 0 Å². The molecule has 2 aromatic heterocycles. The molecular formula is C20H24N2O3. The lowest BCUT2D eigenvalue weighted by atomic mass is 10.1. The molecule has 0 aliphatic rings. The molecule has 5 nitrogen and oxygen atoms in total. The lowest BCUT2D eigenvalue weighted by molar-refractivity contribution is 0.0928. The van der Waals surface area contributed by atoms with E-state index in [-0.39, 0.29) is 5.91 Å². The molecule has 0 fully saturated rings. The number of ether oxygens (including phenoxy) is 1. The number of methoxy groups -OCH3 is 1. The highest BCUT2D eigenvalue weighted by molar-refractivity contribution is 5.97. The average molecular weight is 340 g/mol. The highest BCUT2D eigenvalue weighted by Gasteiger charge is 2.19. The SMILES string of the molecule is COCCNC(=O)c1cc2oc(C)cc2n1Cc1cc(C)ccc1C. The molecule has 1 N–H and O–H groups in total. The molecule has 0 saturated carbocycles. The van der Waals surface area contributed by atoms with Crippen LogP contribution in [0.5, 0.6) is 0 Å². The monoisotopic (exact) mass is 340 g/mol. The summed E-state index contributed by atoms with van der Waals surface area (Å²) in [6.07, 6.45) is 0. The van der Waals surface area contributed by atoms with E-state index in [1.54, 1.807) is 7.11 Å². The van der Waals surface area contributed by atoms with Crippen molar-refractivity contribution in [3.63, 3.8) is 0 Å². The van der Waals surface area contributed by atoms with Crippen molar-refractivity contribution in [2.75, 3.05) is 20.3 Å². The molecule has 0 bridgehead atoms. The first kappa shape index (κ1) is 17.3. The smallest absolute Gasteiger partial charge is 0.268 e. The van der Waals surface area contributed by atoms with Gasteiger partial charge in [-0.15, -0.1) is 0 Å². The van der Waals surface area contributed by atoms with E-state index in [0.29, 0.717) is 25.4 Å². The summed E-state index contributed by atoms with van der Waals surface area (Å²) in [6.45, 7) is 7.68. The van der Waals surface area contributed by atoms with Gasteiger partial charge in [0.2, 0.25) is 0 Å². The third-order valence-corrected chi connectivity index (χ3v) is 4.37. The van der Waals surface area contributed by atoms with Crippen molar-refractivity contribution in [1.29, 1.82) is 0 Å². The zero-order valence-electron chi connectivity index (χ0n) is 15.2. The van der Waals surface area contributed by atoms with Crippen molar-refractivity contribution in [2.45, 2.75) is 27.3 Å². The summed E-state index contributed by atoms with van der Waals surface area (Å²) in [6, 6.07) is 10.2.